The highest BCUT2D eigenvalue weighted by Gasteiger charge is 2.35. The molecule has 2 fully saturated rings. The smallest absolute Gasteiger partial charge is 0.293 e. The van der Waals surface area contributed by atoms with Gasteiger partial charge in [-0.1, -0.05) is 31.0 Å². The summed E-state index contributed by atoms with van der Waals surface area (Å²) >= 11 is 0.789. The van der Waals surface area contributed by atoms with E-state index in [9.17, 15) is 18.8 Å². The van der Waals surface area contributed by atoms with E-state index in [4.69, 9.17) is 0 Å². The van der Waals surface area contributed by atoms with Crippen molar-refractivity contribution in [1.29, 1.82) is 0 Å². The zero-order chi connectivity index (χ0) is 17.8. The Bertz CT molecular complexity index is 729. The molecule has 25 heavy (non-hydrogen) atoms. The number of benzene rings is 1. The normalized spacial score (nSPS) is 19.9. The van der Waals surface area contributed by atoms with Crippen molar-refractivity contribution in [3.8, 4) is 0 Å². The van der Waals surface area contributed by atoms with E-state index in [-0.39, 0.29) is 35.4 Å². The molecule has 0 aromatic heterocycles. The van der Waals surface area contributed by atoms with Gasteiger partial charge in [0.2, 0.25) is 5.91 Å². The Kier molecular flexibility index (Phi) is 5.53. The quantitative estimate of drug-likeness (QED) is 0.817. The SMILES string of the molecule is O=C(NCCN1C(=O)S/C(=C\c2ccccc2F)C1=O)C1CCCC1. The van der Waals surface area contributed by atoms with E-state index in [1.54, 1.807) is 18.2 Å². The van der Waals surface area contributed by atoms with E-state index in [2.05, 4.69) is 5.32 Å². The van der Waals surface area contributed by atoms with E-state index < -0.39 is 17.0 Å². The predicted octanol–water partition coefficient (Wildman–Crippen LogP) is 3.17. The summed E-state index contributed by atoms with van der Waals surface area (Å²) in [6, 6.07) is 6.07. The van der Waals surface area contributed by atoms with Crippen LogP contribution in [0.15, 0.2) is 29.2 Å². The van der Waals surface area contributed by atoms with Gasteiger partial charge >= 0.3 is 0 Å². The number of hydrogen-bond acceptors (Lipinski definition) is 4. The topological polar surface area (TPSA) is 66.5 Å². The van der Waals surface area contributed by atoms with Crippen molar-refractivity contribution in [1.82, 2.24) is 10.2 Å². The summed E-state index contributed by atoms with van der Waals surface area (Å²) < 4.78 is 13.7. The van der Waals surface area contributed by atoms with E-state index in [0.717, 1.165) is 42.3 Å². The van der Waals surface area contributed by atoms with E-state index in [1.807, 2.05) is 0 Å². The molecule has 0 radical (unpaired) electrons. The number of carbonyl (C=O) groups excluding carboxylic acids is 3. The van der Waals surface area contributed by atoms with Crippen LogP contribution < -0.4 is 5.32 Å². The number of nitrogens with one attached hydrogen (secondary N) is 1. The molecule has 1 heterocycles. The van der Waals surface area contributed by atoms with Gasteiger partial charge in [0, 0.05) is 24.6 Å². The molecule has 3 rings (SSSR count). The minimum absolute atomic E-state index is 0.00799. The molecule has 0 atom stereocenters. The zero-order valence-corrected chi connectivity index (χ0v) is 14.5. The fraction of sp³-hybridized carbons (Fsp3) is 0.389. The number of carbonyl (C=O) groups is 3. The molecule has 3 amide bonds. The molecule has 0 spiro atoms. The second-order valence-electron chi connectivity index (χ2n) is 6.13. The summed E-state index contributed by atoms with van der Waals surface area (Å²) in [6.45, 7) is 0.359. The first-order valence-corrected chi connectivity index (χ1v) is 9.15. The number of halogens is 1. The minimum Gasteiger partial charge on any atom is -0.354 e. The lowest BCUT2D eigenvalue weighted by Crippen LogP contribution is -2.39. The Labute approximate surface area is 149 Å². The first-order valence-electron chi connectivity index (χ1n) is 8.34. The number of nitrogens with zero attached hydrogens (tertiary/aromatic N) is 1. The maximum absolute atomic E-state index is 13.7. The van der Waals surface area contributed by atoms with Crippen LogP contribution >= 0.6 is 11.8 Å². The molecule has 1 saturated carbocycles. The maximum Gasteiger partial charge on any atom is 0.293 e. The Morgan fingerprint density at radius 3 is 2.72 bits per heavy atom. The molecular formula is C18H19FN2O3S. The highest BCUT2D eigenvalue weighted by atomic mass is 32.2. The number of imide groups is 1. The third-order valence-corrected chi connectivity index (χ3v) is 5.33. The molecule has 1 saturated heterocycles. The highest BCUT2D eigenvalue weighted by Crippen LogP contribution is 2.32. The minimum atomic E-state index is -0.451. The Hall–Kier alpha value is -2.15. The van der Waals surface area contributed by atoms with Crippen LogP contribution in [0.2, 0.25) is 0 Å². The Morgan fingerprint density at radius 2 is 2.00 bits per heavy atom. The fourth-order valence-corrected chi connectivity index (χ4v) is 3.91. The van der Waals surface area contributed by atoms with Gasteiger partial charge in [0.1, 0.15) is 5.82 Å². The number of thioether (sulfide) groups is 1. The molecule has 1 aliphatic heterocycles. The summed E-state index contributed by atoms with van der Waals surface area (Å²) in [6.07, 6.45) is 5.33. The van der Waals surface area contributed by atoms with Crippen molar-refractivity contribution in [2.24, 2.45) is 5.92 Å². The van der Waals surface area contributed by atoms with Crippen LogP contribution in [-0.2, 0) is 9.59 Å². The average molecular weight is 362 g/mol. The molecule has 0 bridgehead atoms. The van der Waals surface area contributed by atoms with E-state index >= 15 is 0 Å². The van der Waals surface area contributed by atoms with Gasteiger partial charge in [0.05, 0.1) is 4.91 Å². The summed E-state index contributed by atoms with van der Waals surface area (Å²) in [5, 5.41) is 2.39. The zero-order valence-electron chi connectivity index (χ0n) is 13.7. The van der Waals surface area contributed by atoms with Gasteiger partial charge in [-0.05, 0) is 36.7 Å². The van der Waals surface area contributed by atoms with Crippen LogP contribution in [0.3, 0.4) is 0 Å². The van der Waals surface area contributed by atoms with Gasteiger partial charge in [-0.2, -0.15) is 0 Å². The first kappa shape index (κ1) is 17.7. The molecule has 132 valence electrons. The standard InChI is InChI=1S/C18H19FN2O3S/c19-14-8-4-3-7-13(14)11-15-17(23)21(18(24)25-15)10-9-20-16(22)12-5-1-2-6-12/h3-4,7-8,11-12H,1-2,5-6,9-10H2,(H,20,22)/b15-11-. The second-order valence-corrected chi connectivity index (χ2v) is 7.12. The summed E-state index contributed by atoms with van der Waals surface area (Å²) in [4.78, 5) is 37.6. The van der Waals surface area contributed by atoms with Crippen LogP contribution in [-0.4, -0.2) is 35.0 Å². The van der Waals surface area contributed by atoms with E-state index in [1.165, 1.54) is 12.1 Å². The summed E-state index contributed by atoms with van der Waals surface area (Å²) in [7, 11) is 0. The van der Waals surface area contributed by atoms with Crippen LogP contribution in [0, 0.1) is 11.7 Å². The Morgan fingerprint density at radius 1 is 1.28 bits per heavy atom. The van der Waals surface area contributed by atoms with Crippen molar-refractivity contribution < 1.29 is 18.8 Å². The van der Waals surface area contributed by atoms with Gasteiger partial charge in [-0.25, -0.2) is 4.39 Å². The van der Waals surface area contributed by atoms with Gasteiger partial charge in [0.25, 0.3) is 11.1 Å². The molecule has 5 nitrogen and oxygen atoms in total. The molecule has 1 aromatic rings. The van der Waals surface area contributed by atoms with Gasteiger partial charge in [-0.15, -0.1) is 0 Å². The summed E-state index contributed by atoms with van der Waals surface area (Å²) in [5.41, 5.74) is 0.266. The Balaban J connectivity index is 1.58. The fourth-order valence-electron chi connectivity index (χ4n) is 3.05. The van der Waals surface area contributed by atoms with Crippen LogP contribution in [0.25, 0.3) is 6.08 Å². The van der Waals surface area contributed by atoms with Crippen LogP contribution in [0.5, 0.6) is 0 Å². The van der Waals surface area contributed by atoms with Crippen molar-refractivity contribution in [2.45, 2.75) is 25.7 Å². The highest BCUT2D eigenvalue weighted by molar-refractivity contribution is 8.18. The molecule has 1 aromatic carbocycles. The second kappa shape index (κ2) is 7.82. The van der Waals surface area contributed by atoms with Crippen LogP contribution in [0.1, 0.15) is 31.2 Å². The third-order valence-electron chi connectivity index (χ3n) is 4.43. The third kappa shape index (κ3) is 4.10. The lowest BCUT2D eigenvalue weighted by molar-refractivity contribution is -0.126. The van der Waals surface area contributed by atoms with Crippen molar-refractivity contribution in [3.63, 3.8) is 0 Å². The first-order chi connectivity index (χ1) is 12.1. The van der Waals surface area contributed by atoms with Gasteiger partial charge < -0.3 is 5.32 Å². The number of hydrogen-bond donors (Lipinski definition) is 1. The van der Waals surface area contributed by atoms with Gasteiger partial charge in [0.15, 0.2) is 0 Å². The lowest BCUT2D eigenvalue weighted by Gasteiger charge is -2.14. The average Bonchev–Trinajstić information content (AvgIpc) is 3.21. The van der Waals surface area contributed by atoms with Crippen molar-refractivity contribution >= 4 is 34.9 Å². The maximum atomic E-state index is 13.7. The molecule has 1 aliphatic carbocycles. The molecule has 0 unspecified atom stereocenters. The monoisotopic (exact) mass is 362 g/mol. The molecule has 7 heteroatoms. The van der Waals surface area contributed by atoms with E-state index in [0.29, 0.717) is 0 Å². The largest absolute Gasteiger partial charge is 0.354 e. The predicted molar refractivity (Wildman–Crippen MR) is 94.0 cm³/mol. The van der Waals surface area contributed by atoms with Crippen molar-refractivity contribution in [3.05, 3.63) is 40.6 Å². The van der Waals surface area contributed by atoms with Crippen LogP contribution in [0.4, 0.5) is 9.18 Å². The molecular weight excluding hydrogens is 343 g/mol. The number of amides is 3. The molecule has 1 N–H and O–H groups in total. The number of rotatable bonds is 5. The summed E-state index contributed by atoms with van der Waals surface area (Å²) in [5.74, 6) is -0.853. The van der Waals surface area contributed by atoms with Gasteiger partial charge in [-0.3, -0.25) is 19.3 Å². The lowest BCUT2D eigenvalue weighted by atomic mass is 10.1. The van der Waals surface area contributed by atoms with Crippen molar-refractivity contribution in [2.75, 3.05) is 13.1 Å². The molecule has 2 aliphatic rings.